The summed E-state index contributed by atoms with van der Waals surface area (Å²) in [6.07, 6.45) is 5.96. The van der Waals surface area contributed by atoms with Gasteiger partial charge < -0.3 is 14.7 Å². The van der Waals surface area contributed by atoms with Gasteiger partial charge in [-0.3, -0.25) is 0 Å². The Bertz CT molecular complexity index is 369. The topological polar surface area (TPSA) is 54.2 Å². The van der Waals surface area contributed by atoms with Gasteiger partial charge in [-0.05, 0) is 52.7 Å². The molecular weight excluding hydrogens is 240 g/mol. The minimum Gasteiger partial charge on any atom is -0.339 e. The third-order valence-electron chi connectivity index (χ3n) is 3.70. The Morgan fingerprint density at radius 1 is 1.26 bits per heavy atom. The van der Waals surface area contributed by atoms with Crippen molar-refractivity contribution in [3.05, 3.63) is 11.7 Å². The van der Waals surface area contributed by atoms with Crippen molar-refractivity contribution < 1.29 is 4.52 Å². The molecule has 0 aliphatic heterocycles. The van der Waals surface area contributed by atoms with E-state index in [-0.39, 0.29) is 0 Å². The smallest absolute Gasteiger partial charge is 0.229 e. The highest BCUT2D eigenvalue weighted by molar-refractivity contribution is 4.97. The van der Waals surface area contributed by atoms with Crippen molar-refractivity contribution in [3.8, 4) is 0 Å². The molecule has 0 atom stereocenters. The normalized spacial score (nSPS) is 24.0. The maximum Gasteiger partial charge on any atom is 0.229 e. The van der Waals surface area contributed by atoms with Crippen molar-refractivity contribution in [3.63, 3.8) is 0 Å². The predicted molar refractivity (Wildman–Crippen MR) is 75.0 cm³/mol. The second-order valence-corrected chi connectivity index (χ2v) is 5.79. The lowest BCUT2D eigenvalue weighted by atomic mass is 9.86. The zero-order valence-corrected chi connectivity index (χ0v) is 12.4. The highest BCUT2D eigenvalue weighted by Gasteiger charge is 2.26. The molecule has 1 aliphatic carbocycles. The van der Waals surface area contributed by atoms with Crippen molar-refractivity contribution in [2.45, 2.75) is 57.5 Å². The highest BCUT2D eigenvalue weighted by atomic mass is 16.5. The van der Waals surface area contributed by atoms with Gasteiger partial charge in [0.1, 0.15) is 0 Å². The summed E-state index contributed by atoms with van der Waals surface area (Å²) in [5.74, 6) is 2.10. The zero-order valence-electron chi connectivity index (χ0n) is 12.4. The van der Waals surface area contributed by atoms with Gasteiger partial charge in [-0.2, -0.15) is 4.98 Å². The van der Waals surface area contributed by atoms with Crippen LogP contribution in [0, 0.1) is 0 Å². The van der Waals surface area contributed by atoms with Crippen LogP contribution in [0.3, 0.4) is 0 Å². The van der Waals surface area contributed by atoms with Crippen LogP contribution in [0.15, 0.2) is 4.52 Å². The molecule has 1 heterocycles. The molecule has 1 aromatic rings. The number of hydrogen-bond donors (Lipinski definition) is 1. The first-order valence-electron chi connectivity index (χ1n) is 7.39. The Kier molecular flexibility index (Phi) is 5.34. The quantitative estimate of drug-likeness (QED) is 0.855. The standard InChI is InChI=1S/C14H26N4O/c1-4-9-15-12-7-5-11(6-8-12)14-16-13(17-19-14)10-18(2)3/h11-12,15H,4-10H2,1-3H3. The number of hydrogen-bond acceptors (Lipinski definition) is 5. The number of nitrogens with zero attached hydrogens (tertiary/aromatic N) is 3. The molecule has 0 amide bonds. The molecule has 0 saturated heterocycles. The molecule has 0 aromatic carbocycles. The van der Waals surface area contributed by atoms with Gasteiger partial charge >= 0.3 is 0 Å². The van der Waals surface area contributed by atoms with E-state index in [2.05, 4.69) is 27.3 Å². The molecule has 108 valence electrons. The first kappa shape index (κ1) is 14.5. The lowest BCUT2D eigenvalue weighted by Crippen LogP contribution is -2.33. The fraction of sp³-hybridized carbons (Fsp3) is 0.857. The van der Waals surface area contributed by atoms with Crippen LogP contribution in [0.2, 0.25) is 0 Å². The van der Waals surface area contributed by atoms with E-state index in [0.717, 1.165) is 37.6 Å². The largest absolute Gasteiger partial charge is 0.339 e. The molecule has 5 nitrogen and oxygen atoms in total. The van der Waals surface area contributed by atoms with Crippen LogP contribution < -0.4 is 5.32 Å². The lowest BCUT2D eigenvalue weighted by Gasteiger charge is -2.27. The van der Waals surface area contributed by atoms with Gasteiger partial charge in [0.15, 0.2) is 5.82 Å². The SMILES string of the molecule is CCCNC1CCC(c2nc(CN(C)C)no2)CC1. The maximum atomic E-state index is 5.41. The van der Waals surface area contributed by atoms with Gasteiger partial charge in [-0.15, -0.1) is 0 Å². The van der Waals surface area contributed by atoms with E-state index in [4.69, 9.17) is 4.52 Å². The second kappa shape index (κ2) is 7.01. The van der Waals surface area contributed by atoms with Crippen molar-refractivity contribution in [2.75, 3.05) is 20.6 Å². The minimum absolute atomic E-state index is 0.461. The van der Waals surface area contributed by atoms with Gasteiger partial charge in [0.05, 0.1) is 6.54 Å². The molecule has 1 fully saturated rings. The van der Waals surface area contributed by atoms with E-state index in [0.29, 0.717) is 12.0 Å². The third kappa shape index (κ3) is 4.28. The first-order valence-corrected chi connectivity index (χ1v) is 7.39. The van der Waals surface area contributed by atoms with E-state index in [1.54, 1.807) is 0 Å². The molecule has 19 heavy (non-hydrogen) atoms. The Morgan fingerprint density at radius 3 is 2.63 bits per heavy atom. The number of nitrogens with one attached hydrogen (secondary N) is 1. The molecule has 0 spiro atoms. The van der Waals surface area contributed by atoms with Crippen molar-refractivity contribution >= 4 is 0 Å². The third-order valence-corrected chi connectivity index (χ3v) is 3.70. The maximum absolute atomic E-state index is 5.41. The van der Waals surface area contributed by atoms with Crippen LogP contribution >= 0.6 is 0 Å². The van der Waals surface area contributed by atoms with Gasteiger partial charge in [-0.25, -0.2) is 0 Å². The predicted octanol–water partition coefficient (Wildman–Crippen LogP) is 2.16. The summed E-state index contributed by atoms with van der Waals surface area (Å²) in [4.78, 5) is 6.58. The van der Waals surface area contributed by atoms with Crippen LogP contribution in [-0.2, 0) is 6.54 Å². The molecule has 1 aromatic heterocycles. The van der Waals surface area contributed by atoms with Crippen LogP contribution in [0.4, 0.5) is 0 Å². The molecule has 1 N–H and O–H groups in total. The Balaban J connectivity index is 1.82. The Labute approximate surface area is 115 Å². The fourth-order valence-corrected chi connectivity index (χ4v) is 2.67. The first-order chi connectivity index (χ1) is 9.19. The fourth-order valence-electron chi connectivity index (χ4n) is 2.67. The molecule has 0 unspecified atom stereocenters. The second-order valence-electron chi connectivity index (χ2n) is 5.79. The average Bonchev–Trinajstić information content (AvgIpc) is 2.84. The molecule has 0 bridgehead atoms. The summed E-state index contributed by atoms with van der Waals surface area (Å²) < 4.78 is 5.41. The summed E-state index contributed by atoms with van der Waals surface area (Å²) in [6, 6.07) is 0.681. The van der Waals surface area contributed by atoms with Crippen LogP contribution in [0.5, 0.6) is 0 Å². The van der Waals surface area contributed by atoms with E-state index >= 15 is 0 Å². The summed E-state index contributed by atoms with van der Waals surface area (Å²) in [6.45, 7) is 4.09. The summed E-state index contributed by atoms with van der Waals surface area (Å²) in [5.41, 5.74) is 0. The Hall–Kier alpha value is -0.940. The van der Waals surface area contributed by atoms with E-state index in [1.165, 1.54) is 19.3 Å². The Morgan fingerprint density at radius 2 is 2.00 bits per heavy atom. The van der Waals surface area contributed by atoms with Crippen LogP contribution in [0.1, 0.15) is 56.7 Å². The zero-order chi connectivity index (χ0) is 13.7. The summed E-state index contributed by atoms with van der Waals surface area (Å²) >= 11 is 0. The molecular formula is C14H26N4O. The molecule has 2 rings (SSSR count). The van der Waals surface area contributed by atoms with Gasteiger partial charge in [0, 0.05) is 12.0 Å². The molecule has 1 aliphatic rings. The average molecular weight is 266 g/mol. The lowest BCUT2D eigenvalue weighted by molar-refractivity contribution is 0.280. The van der Waals surface area contributed by atoms with E-state index in [9.17, 15) is 0 Å². The van der Waals surface area contributed by atoms with Crippen molar-refractivity contribution in [1.29, 1.82) is 0 Å². The minimum atomic E-state index is 0.461. The highest BCUT2D eigenvalue weighted by Crippen LogP contribution is 2.31. The summed E-state index contributed by atoms with van der Waals surface area (Å²) in [5, 5.41) is 7.66. The van der Waals surface area contributed by atoms with E-state index < -0.39 is 0 Å². The van der Waals surface area contributed by atoms with Gasteiger partial charge in [0.25, 0.3) is 0 Å². The monoisotopic (exact) mass is 266 g/mol. The molecule has 5 heteroatoms. The molecule has 1 saturated carbocycles. The van der Waals surface area contributed by atoms with Crippen molar-refractivity contribution in [1.82, 2.24) is 20.4 Å². The number of rotatable bonds is 6. The van der Waals surface area contributed by atoms with Crippen LogP contribution in [-0.4, -0.2) is 41.7 Å². The van der Waals surface area contributed by atoms with Gasteiger partial charge in [0.2, 0.25) is 5.89 Å². The van der Waals surface area contributed by atoms with Crippen molar-refractivity contribution in [2.24, 2.45) is 0 Å². The molecule has 0 radical (unpaired) electrons. The summed E-state index contributed by atoms with van der Waals surface area (Å²) in [7, 11) is 4.03. The van der Waals surface area contributed by atoms with E-state index in [1.807, 2.05) is 14.1 Å². The van der Waals surface area contributed by atoms with Crippen LogP contribution in [0.25, 0.3) is 0 Å². The van der Waals surface area contributed by atoms with Gasteiger partial charge in [-0.1, -0.05) is 12.1 Å². The number of aromatic nitrogens is 2.